The lowest BCUT2D eigenvalue weighted by molar-refractivity contribution is -0.119. The molecule has 0 spiro atoms. The number of carbonyl (C=O) groups is 2. The van der Waals surface area contributed by atoms with E-state index in [4.69, 9.17) is 0 Å². The number of nitrogens with one attached hydrogen (secondary N) is 2. The van der Waals surface area contributed by atoms with Crippen LogP contribution in [0.5, 0.6) is 0 Å². The molecule has 2 N–H and O–H groups in total. The Morgan fingerprint density at radius 1 is 1.33 bits per heavy atom. The van der Waals surface area contributed by atoms with Crippen LogP contribution in [0.4, 0.5) is 13.6 Å². The zero-order valence-electron chi connectivity index (χ0n) is 9.63. The van der Waals surface area contributed by atoms with Gasteiger partial charge in [0.2, 0.25) is 5.91 Å². The van der Waals surface area contributed by atoms with Gasteiger partial charge in [0.1, 0.15) is 11.6 Å². The molecule has 1 rings (SSSR count). The zero-order valence-corrected chi connectivity index (χ0v) is 10.4. The van der Waals surface area contributed by atoms with Gasteiger partial charge in [0.25, 0.3) is 0 Å². The van der Waals surface area contributed by atoms with Crippen molar-refractivity contribution in [3.63, 3.8) is 0 Å². The second kappa shape index (κ2) is 6.95. The van der Waals surface area contributed by atoms with E-state index in [-0.39, 0.29) is 17.1 Å². The monoisotopic (exact) mass is 274 g/mol. The van der Waals surface area contributed by atoms with Crippen molar-refractivity contribution in [2.75, 3.05) is 12.8 Å². The Bertz CT molecular complexity index is 455. The molecule has 0 aromatic heterocycles. The highest BCUT2D eigenvalue weighted by atomic mass is 32.2. The van der Waals surface area contributed by atoms with Gasteiger partial charge in [-0.05, 0) is 18.2 Å². The quantitative estimate of drug-likeness (QED) is 0.824. The van der Waals surface area contributed by atoms with Crippen LogP contribution in [-0.2, 0) is 4.79 Å². The third-order valence-electron chi connectivity index (χ3n) is 1.96. The van der Waals surface area contributed by atoms with Gasteiger partial charge in [0, 0.05) is 24.1 Å². The van der Waals surface area contributed by atoms with E-state index in [0.29, 0.717) is 0 Å². The summed E-state index contributed by atoms with van der Waals surface area (Å²) in [7, 11) is 1.39. The van der Waals surface area contributed by atoms with Gasteiger partial charge in [-0.1, -0.05) is 0 Å². The molecule has 0 heterocycles. The van der Waals surface area contributed by atoms with Gasteiger partial charge in [0.05, 0.1) is 0 Å². The first-order valence-electron chi connectivity index (χ1n) is 5.12. The molecule has 0 radical (unpaired) electrons. The van der Waals surface area contributed by atoms with E-state index in [0.717, 1.165) is 30.0 Å². The zero-order chi connectivity index (χ0) is 13.5. The third-order valence-corrected chi connectivity index (χ3v) is 2.99. The number of benzene rings is 1. The molecule has 0 fully saturated rings. The van der Waals surface area contributed by atoms with Gasteiger partial charge in [0.15, 0.2) is 0 Å². The fourth-order valence-electron chi connectivity index (χ4n) is 1.09. The van der Waals surface area contributed by atoms with Crippen molar-refractivity contribution in [3.8, 4) is 0 Å². The van der Waals surface area contributed by atoms with Gasteiger partial charge in [-0.25, -0.2) is 13.6 Å². The number of rotatable bonds is 4. The van der Waals surface area contributed by atoms with Crippen LogP contribution in [0.25, 0.3) is 0 Å². The molecule has 1 aromatic rings. The molecule has 0 bridgehead atoms. The van der Waals surface area contributed by atoms with Crippen LogP contribution in [0.3, 0.4) is 0 Å². The SMILES string of the molecule is CNC(=O)NC(=O)CCSc1cc(F)ccc1F. The van der Waals surface area contributed by atoms with Crippen molar-refractivity contribution < 1.29 is 18.4 Å². The van der Waals surface area contributed by atoms with Gasteiger partial charge in [-0.3, -0.25) is 10.1 Å². The van der Waals surface area contributed by atoms with Gasteiger partial charge in [-0.15, -0.1) is 11.8 Å². The summed E-state index contributed by atoms with van der Waals surface area (Å²) >= 11 is 1.02. The van der Waals surface area contributed by atoms with Crippen molar-refractivity contribution in [1.82, 2.24) is 10.6 Å². The average Bonchev–Trinajstić information content (AvgIpc) is 2.33. The molecular weight excluding hydrogens is 262 g/mol. The number of urea groups is 1. The summed E-state index contributed by atoms with van der Waals surface area (Å²) in [5.41, 5.74) is 0. The predicted molar refractivity (Wildman–Crippen MR) is 64.3 cm³/mol. The molecule has 4 nitrogen and oxygen atoms in total. The second-order valence-corrected chi connectivity index (χ2v) is 4.44. The highest BCUT2D eigenvalue weighted by Gasteiger charge is 2.08. The van der Waals surface area contributed by atoms with Crippen molar-refractivity contribution in [1.29, 1.82) is 0 Å². The summed E-state index contributed by atoms with van der Waals surface area (Å²) in [6.07, 6.45) is 0.0358. The smallest absolute Gasteiger partial charge is 0.321 e. The van der Waals surface area contributed by atoms with E-state index in [1.54, 1.807) is 0 Å². The van der Waals surface area contributed by atoms with Crippen LogP contribution in [0.15, 0.2) is 23.1 Å². The van der Waals surface area contributed by atoms with Crippen molar-refractivity contribution >= 4 is 23.7 Å². The van der Waals surface area contributed by atoms with E-state index in [1.807, 2.05) is 0 Å². The Balaban J connectivity index is 2.39. The van der Waals surface area contributed by atoms with E-state index in [2.05, 4.69) is 10.6 Å². The Hall–Kier alpha value is -1.63. The molecule has 0 aliphatic rings. The minimum Gasteiger partial charge on any atom is -0.341 e. The minimum absolute atomic E-state index is 0.0358. The number of imide groups is 1. The number of halogens is 2. The molecule has 7 heteroatoms. The van der Waals surface area contributed by atoms with Gasteiger partial charge < -0.3 is 5.32 Å². The molecule has 0 saturated heterocycles. The maximum Gasteiger partial charge on any atom is 0.321 e. The minimum atomic E-state index is -0.595. The lowest BCUT2D eigenvalue weighted by Crippen LogP contribution is -2.37. The van der Waals surface area contributed by atoms with E-state index in [1.165, 1.54) is 7.05 Å². The predicted octanol–water partition coefficient (Wildman–Crippen LogP) is 1.90. The third kappa shape index (κ3) is 4.70. The molecule has 18 heavy (non-hydrogen) atoms. The summed E-state index contributed by atoms with van der Waals surface area (Å²) in [5.74, 6) is -1.29. The first-order chi connectivity index (χ1) is 8.52. The number of thioether (sulfide) groups is 1. The van der Waals surface area contributed by atoms with Crippen LogP contribution in [-0.4, -0.2) is 24.7 Å². The number of carbonyl (C=O) groups excluding carboxylic acids is 2. The maximum atomic E-state index is 13.2. The van der Waals surface area contributed by atoms with Crippen LogP contribution in [0, 0.1) is 11.6 Å². The molecule has 0 saturated carbocycles. The molecule has 0 atom stereocenters. The maximum absolute atomic E-state index is 13.2. The summed E-state index contributed by atoms with van der Waals surface area (Å²) in [6.45, 7) is 0. The van der Waals surface area contributed by atoms with E-state index < -0.39 is 23.6 Å². The first-order valence-corrected chi connectivity index (χ1v) is 6.11. The highest BCUT2D eigenvalue weighted by Crippen LogP contribution is 2.23. The molecule has 0 aliphatic heterocycles. The van der Waals surface area contributed by atoms with Gasteiger partial charge in [-0.2, -0.15) is 0 Å². The van der Waals surface area contributed by atoms with E-state index >= 15 is 0 Å². The molecule has 3 amide bonds. The molecule has 98 valence electrons. The Labute approximate surface area is 107 Å². The molecule has 1 aromatic carbocycles. The normalized spacial score (nSPS) is 9.94. The first kappa shape index (κ1) is 14.4. The van der Waals surface area contributed by atoms with Crippen LogP contribution in [0.2, 0.25) is 0 Å². The van der Waals surface area contributed by atoms with Crippen LogP contribution < -0.4 is 10.6 Å². The topological polar surface area (TPSA) is 58.2 Å². The van der Waals surface area contributed by atoms with Crippen molar-refractivity contribution in [2.45, 2.75) is 11.3 Å². The summed E-state index contributed by atoms with van der Waals surface area (Å²) in [6, 6.07) is 2.53. The summed E-state index contributed by atoms with van der Waals surface area (Å²) < 4.78 is 26.0. The fourth-order valence-corrected chi connectivity index (χ4v) is 2.00. The Kier molecular flexibility index (Phi) is 5.57. The lowest BCUT2D eigenvalue weighted by atomic mass is 10.3. The lowest BCUT2D eigenvalue weighted by Gasteiger charge is -2.04. The van der Waals surface area contributed by atoms with Crippen LogP contribution >= 0.6 is 11.8 Å². The fraction of sp³-hybridized carbons (Fsp3) is 0.273. The van der Waals surface area contributed by atoms with Crippen molar-refractivity contribution in [3.05, 3.63) is 29.8 Å². The second-order valence-electron chi connectivity index (χ2n) is 3.30. The average molecular weight is 274 g/mol. The Morgan fingerprint density at radius 3 is 2.72 bits per heavy atom. The van der Waals surface area contributed by atoms with E-state index in [9.17, 15) is 18.4 Å². The summed E-state index contributed by atoms with van der Waals surface area (Å²) in [4.78, 5) is 22.1. The van der Waals surface area contributed by atoms with Crippen LogP contribution in [0.1, 0.15) is 6.42 Å². The highest BCUT2D eigenvalue weighted by molar-refractivity contribution is 7.99. The standard InChI is InChI=1S/C11H12F2N2O2S/c1-14-11(17)15-10(16)4-5-18-9-6-7(12)2-3-8(9)13/h2-3,6H,4-5H2,1H3,(H2,14,15,16,17). The summed E-state index contributed by atoms with van der Waals surface area (Å²) in [5, 5.41) is 4.31. The molecule has 0 aliphatic carbocycles. The molecule has 0 unspecified atom stereocenters. The number of hydrogen-bond donors (Lipinski definition) is 2. The van der Waals surface area contributed by atoms with Crippen molar-refractivity contribution in [2.24, 2.45) is 0 Å². The largest absolute Gasteiger partial charge is 0.341 e. The number of amides is 3. The molecular formula is C11H12F2N2O2S. The Morgan fingerprint density at radius 2 is 2.06 bits per heavy atom. The number of hydrogen-bond acceptors (Lipinski definition) is 3. The van der Waals surface area contributed by atoms with Gasteiger partial charge >= 0.3 is 6.03 Å².